The van der Waals surface area contributed by atoms with Crippen molar-refractivity contribution in [2.75, 3.05) is 0 Å². The third-order valence-corrected chi connectivity index (χ3v) is 4.48. The van der Waals surface area contributed by atoms with E-state index < -0.39 is 5.92 Å². The first kappa shape index (κ1) is 13.1. The van der Waals surface area contributed by atoms with Crippen LogP contribution in [0.15, 0.2) is 59.7 Å². The second-order valence-corrected chi connectivity index (χ2v) is 5.78. The first-order chi connectivity index (χ1) is 10.8. The van der Waals surface area contributed by atoms with Gasteiger partial charge >= 0.3 is 0 Å². The molecule has 2 N–H and O–H groups in total. The predicted octanol–water partition coefficient (Wildman–Crippen LogP) is 1.92. The third kappa shape index (κ3) is 1.91. The standard InChI is InChI=1S/C18H16N2O2/c21-17-13-14(16(20-17)12-9-5-2-6-10-12)18(22)19-15(13)11-7-3-1-4-8-11/h1-5,7-9,14,16H,6,10H2,(H,19,22)(H,20,21). The molecule has 2 amide bonds. The number of rotatable bonds is 2. The predicted molar refractivity (Wildman–Crippen MR) is 83.4 cm³/mol. The fourth-order valence-electron chi connectivity index (χ4n) is 3.45. The fraction of sp³-hybridized carbons (Fsp3) is 0.222. The lowest BCUT2D eigenvalue weighted by atomic mass is 9.87. The number of nitrogens with one attached hydrogen (secondary N) is 2. The van der Waals surface area contributed by atoms with Crippen LogP contribution in [0.4, 0.5) is 0 Å². The molecule has 2 atom stereocenters. The van der Waals surface area contributed by atoms with Gasteiger partial charge in [-0.1, -0.05) is 48.6 Å². The average Bonchev–Trinajstić information content (AvgIpc) is 3.09. The molecule has 3 aliphatic rings. The number of allylic oxidation sites excluding steroid dienone is 3. The average molecular weight is 292 g/mol. The van der Waals surface area contributed by atoms with Gasteiger partial charge in [-0.3, -0.25) is 9.59 Å². The van der Waals surface area contributed by atoms with E-state index in [0.717, 1.165) is 24.0 Å². The molecule has 0 bridgehead atoms. The van der Waals surface area contributed by atoms with Crippen LogP contribution < -0.4 is 10.6 Å². The molecule has 22 heavy (non-hydrogen) atoms. The van der Waals surface area contributed by atoms with Crippen molar-refractivity contribution in [2.24, 2.45) is 5.92 Å². The van der Waals surface area contributed by atoms with E-state index in [9.17, 15) is 9.59 Å². The highest BCUT2D eigenvalue weighted by molar-refractivity contribution is 6.16. The molecule has 4 rings (SSSR count). The minimum absolute atomic E-state index is 0.0901. The zero-order valence-corrected chi connectivity index (χ0v) is 12.0. The van der Waals surface area contributed by atoms with Gasteiger partial charge in [-0.15, -0.1) is 0 Å². The molecule has 1 aromatic carbocycles. The minimum Gasteiger partial charge on any atom is -0.345 e. The maximum Gasteiger partial charge on any atom is 0.250 e. The zero-order valence-electron chi connectivity index (χ0n) is 12.0. The highest BCUT2D eigenvalue weighted by Crippen LogP contribution is 2.38. The molecule has 110 valence electrons. The second kappa shape index (κ2) is 4.98. The molecule has 1 aromatic rings. The Balaban J connectivity index is 1.78. The SMILES string of the molecule is O=C1NC(C2=CC=CCC2)C2C(=O)NC(c3ccccc3)=C12. The van der Waals surface area contributed by atoms with Gasteiger partial charge in [-0.25, -0.2) is 0 Å². The molecule has 0 spiro atoms. The van der Waals surface area contributed by atoms with Crippen molar-refractivity contribution in [1.29, 1.82) is 0 Å². The number of carbonyl (C=O) groups excluding carboxylic acids is 2. The van der Waals surface area contributed by atoms with Crippen LogP contribution in [0.1, 0.15) is 18.4 Å². The van der Waals surface area contributed by atoms with Gasteiger partial charge in [0.25, 0.3) is 5.91 Å². The van der Waals surface area contributed by atoms with Gasteiger partial charge in [0.05, 0.1) is 23.2 Å². The summed E-state index contributed by atoms with van der Waals surface area (Å²) in [6, 6.07) is 9.33. The van der Waals surface area contributed by atoms with Crippen LogP contribution in [0, 0.1) is 5.92 Å². The molecule has 0 saturated carbocycles. The Morgan fingerprint density at radius 1 is 1.09 bits per heavy atom. The molecule has 2 heterocycles. The summed E-state index contributed by atoms with van der Waals surface area (Å²) in [5.74, 6) is -0.643. The van der Waals surface area contributed by atoms with Gasteiger partial charge in [0.1, 0.15) is 0 Å². The number of fused-ring (bicyclic) bond motifs is 1. The van der Waals surface area contributed by atoms with Crippen LogP contribution in [0.25, 0.3) is 5.70 Å². The number of hydrogen-bond acceptors (Lipinski definition) is 2. The Labute approximate surface area is 128 Å². The monoisotopic (exact) mass is 292 g/mol. The van der Waals surface area contributed by atoms with E-state index in [1.165, 1.54) is 0 Å². The molecular weight excluding hydrogens is 276 g/mol. The van der Waals surface area contributed by atoms with Crippen molar-refractivity contribution in [3.8, 4) is 0 Å². The Bertz CT molecular complexity index is 744. The van der Waals surface area contributed by atoms with E-state index in [2.05, 4.69) is 16.7 Å². The molecule has 2 aliphatic heterocycles. The normalized spacial score (nSPS) is 26.6. The van der Waals surface area contributed by atoms with Gasteiger partial charge in [0.2, 0.25) is 5.91 Å². The minimum atomic E-state index is -0.416. The molecule has 1 saturated heterocycles. The van der Waals surface area contributed by atoms with Crippen molar-refractivity contribution in [1.82, 2.24) is 10.6 Å². The Kier molecular flexibility index (Phi) is 2.96. The maximum absolute atomic E-state index is 12.4. The highest BCUT2D eigenvalue weighted by atomic mass is 16.2. The van der Waals surface area contributed by atoms with E-state index in [4.69, 9.17) is 0 Å². The summed E-state index contributed by atoms with van der Waals surface area (Å²) in [5.41, 5.74) is 3.24. The summed E-state index contributed by atoms with van der Waals surface area (Å²) in [6.07, 6.45) is 7.96. The first-order valence-electron chi connectivity index (χ1n) is 7.52. The smallest absolute Gasteiger partial charge is 0.250 e. The lowest BCUT2D eigenvalue weighted by molar-refractivity contribution is -0.122. The van der Waals surface area contributed by atoms with Crippen LogP contribution in [-0.2, 0) is 9.59 Å². The summed E-state index contributed by atoms with van der Waals surface area (Å²) in [4.78, 5) is 24.9. The molecule has 2 unspecified atom stereocenters. The van der Waals surface area contributed by atoms with Gasteiger partial charge in [0, 0.05) is 0 Å². The molecule has 0 aromatic heterocycles. The quantitative estimate of drug-likeness (QED) is 0.875. The Morgan fingerprint density at radius 3 is 2.64 bits per heavy atom. The fourth-order valence-corrected chi connectivity index (χ4v) is 3.45. The van der Waals surface area contributed by atoms with Crippen molar-refractivity contribution < 1.29 is 9.59 Å². The topological polar surface area (TPSA) is 58.2 Å². The van der Waals surface area contributed by atoms with E-state index in [1.807, 2.05) is 42.5 Å². The summed E-state index contributed by atoms with van der Waals surface area (Å²) >= 11 is 0. The third-order valence-electron chi connectivity index (χ3n) is 4.48. The number of benzene rings is 1. The van der Waals surface area contributed by atoms with Gasteiger partial charge in [-0.05, 0) is 24.0 Å². The van der Waals surface area contributed by atoms with Crippen molar-refractivity contribution in [3.63, 3.8) is 0 Å². The van der Waals surface area contributed by atoms with Crippen molar-refractivity contribution in [2.45, 2.75) is 18.9 Å². The largest absolute Gasteiger partial charge is 0.345 e. The van der Waals surface area contributed by atoms with Gasteiger partial charge < -0.3 is 10.6 Å². The van der Waals surface area contributed by atoms with Crippen LogP contribution >= 0.6 is 0 Å². The lowest BCUT2D eigenvalue weighted by Gasteiger charge is -2.20. The van der Waals surface area contributed by atoms with Crippen molar-refractivity contribution in [3.05, 3.63) is 65.3 Å². The maximum atomic E-state index is 12.4. The van der Waals surface area contributed by atoms with Crippen LogP contribution in [0.2, 0.25) is 0 Å². The van der Waals surface area contributed by atoms with E-state index in [1.54, 1.807) is 0 Å². The van der Waals surface area contributed by atoms with Crippen LogP contribution in [0.3, 0.4) is 0 Å². The molecule has 4 heteroatoms. The summed E-state index contributed by atoms with van der Waals surface area (Å²) < 4.78 is 0. The number of hydrogen-bond donors (Lipinski definition) is 2. The first-order valence-corrected chi connectivity index (χ1v) is 7.52. The lowest BCUT2D eigenvalue weighted by Crippen LogP contribution is -2.37. The second-order valence-electron chi connectivity index (χ2n) is 5.78. The van der Waals surface area contributed by atoms with E-state index in [-0.39, 0.29) is 17.9 Å². The molecular formula is C18H16N2O2. The molecule has 1 aliphatic carbocycles. The Morgan fingerprint density at radius 2 is 1.91 bits per heavy atom. The molecule has 0 radical (unpaired) electrons. The number of amides is 2. The van der Waals surface area contributed by atoms with Crippen LogP contribution in [0.5, 0.6) is 0 Å². The molecule has 1 fully saturated rings. The van der Waals surface area contributed by atoms with E-state index in [0.29, 0.717) is 11.3 Å². The summed E-state index contributed by atoms with van der Waals surface area (Å²) in [7, 11) is 0. The van der Waals surface area contributed by atoms with Crippen molar-refractivity contribution >= 4 is 17.5 Å². The summed E-state index contributed by atoms with van der Waals surface area (Å²) in [6.45, 7) is 0. The Hall–Kier alpha value is -2.62. The van der Waals surface area contributed by atoms with Gasteiger partial charge in [-0.2, -0.15) is 0 Å². The molecule has 4 nitrogen and oxygen atoms in total. The van der Waals surface area contributed by atoms with Gasteiger partial charge in [0.15, 0.2) is 0 Å². The van der Waals surface area contributed by atoms with Crippen LogP contribution in [-0.4, -0.2) is 17.9 Å². The zero-order chi connectivity index (χ0) is 15.1. The summed E-state index contributed by atoms with van der Waals surface area (Å²) in [5, 5.41) is 5.90. The highest BCUT2D eigenvalue weighted by Gasteiger charge is 2.49. The van der Waals surface area contributed by atoms with E-state index >= 15 is 0 Å². The number of carbonyl (C=O) groups is 2.